The van der Waals surface area contributed by atoms with Crippen LogP contribution in [0.1, 0.15) is 17.2 Å². The van der Waals surface area contributed by atoms with Gasteiger partial charge in [0, 0.05) is 17.3 Å². The molecule has 104 valence electrons. The van der Waals surface area contributed by atoms with E-state index >= 15 is 0 Å². The van der Waals surface area contributed by atoms with Crippen molar-refractivity contribution in [2.75, 3.05) is 5.32 Å². The molecule has 0 aliphatic carbocycles. The van der Waals surface area contributed by atoms with E-state index in [1.807, 2.05) is 19.1 Å². The van der Waals surface area contributed by atoms with Gasteiger partial charge in [-0.3, -0.25) is 0 Å². The van der Waals surface area contributed by atoms with Crippen LogP contribution in [0.3, 0.4) is 0 Å². The lowest BCUT2D eigenvalue weighted by molar-refractivity contribution is -0.138. The number of anilines is 1. The summed E-state index contributed by atoms with van der Waals surface area (Å²) in [5.41, 5.74) is 1.46. The summed E-state index contributed by atoms with van der Waals surface area (Å²) in [7, 11) is 0. The van der Waals surface area contributed by atoms with Gasteiger partial charge < -0.3 is 10.4 Å². The van der Waals surface area contributed by atoms with Crippen molar-refractivity contribution in [1.82, 2.24) is 0 Å². The average Bonchev–Trinajstić information content (AvgIpc) is 2.39. The highest BCUT2D eigenvalue weighted by molar-refractivity contribution is 5.79. The predicted octanol–water partition coefficient (Wildman–Crippen LogP) is 3.51. The maximum atomic E-state index is 13.7. The Morgan fingerprint density at radius 1 is 1.15 bits per heavy atom. The third kappa shape index (κ3) is 3.12. The number of halogens is 2. The van der Waals surface area contributed by atoms with Gasteiger partial charge in [-0.2, -0.15) is 0 Å². The number of nitrogens with one attached hydrogen (secondary N) is 1. The van der Waals surface area contributed by atoms with Crippen molar-refractivity contribution in [2.24, 2.45) is 0 Å². The second kappa shape index (κ2) is 5.69. The molecule has 0 heterocycles. The number of hydrogen-bond acceptors (Lipinski definition) is 2. The molecule has 1 atom stereocenters. The van der Waals surface area contributed by atoms with E-state index in [0.717, 1.165) is 17.7 Å². The summed E-state index contributed by atoms with van der Waals surface area (Å²) in [5.74, 6) is -2.88. The number of carbonyl (C=O) groups is 1. The highest BCUT2D eigenvalue weighted by atomic mass is 19.1. The highest BCUT2D eigenvalue weighted by Gasteiger charge is 2.23. The van der Waals surface area contributed by atoms with E-state index < -0.39 is 23.6 Å². The minimum Gasteiger partial charge on any atom is -0.479 e. The molecule has 2 aromatic rings. The zero-order valence-electron chi connectivity index (χ0n) is 10.7. The maximum Gasteiger partial charge on any atom is 0.330 e. The molecule has 0 saturated carbocycles. The van der Waals surface area contributed by atoms with Gasteiger partial charge >= 0.3 is 5.97 Å². The quantitative estimate of drug-likeness (QED) is 0.899. The lowest BCUT2D eigenvalue weighted by atomic mass is 10.1. The summed E-state index contributed by atoms with van der Waals surface area (Å²) >= 11 is 0. The van der Waals surface area contributed by atoms with Crippen LogP contribution in [-0.2, 0) is 4.79 Å². The SMILES string of the molecule is Cc1ccc(NC(C(=O)O)c2ccc(F)cc2F)cc1. The normalized spacial score (nSPS) is 11.9. The molecule has 0 amide bonds. The minimum absolute atomic E-state index is 0.112. The van der Waals surface area contributed by atoms with Gasteiger partial charge in [0.05, 0.1) is 0 Å². The van der Waals surface area contributed by atoms with E-state index in [1.165, 1.54) is 0 Å². The van der Waals surface area contributed by atoms with Crippen LogP contribution in [0.25, 0.3) is 0 Å². The summed E-state index contributed by atoms with van der Waals surface area (Å²) < 4.78 is 26.6. The molecule has 1 unspecified atom stereocenters. The molecular weight excluding hydrogens is 264 g/mol. The lowest BCUT2D eigenvalue weighted by Gasteiger charge is -2.17. The van der Waals surface area contributed by atoms with E-state index in [0.29, 0.717) is 11.8 Å². The first-order chi connectivity index (χ1) is 9.47. The van der Waals surface area contributed by atoms with Gasteiger partial charge in [0.15, 0.2) is 6.04 Å². The van der Waals surface area contributed by atoms with Gasteiger partial charge in [-0.25, -0.2) is 13.6 Å². The summed E-state index contributed by atoms with van der Waals surface area (Å²) in [5, 5.41) is 11.9. The Morgan fingerprint density at radius 2 is 1.80 bits per heavy atom. The molecule has 3 nitrogen and oxygen atoms in total. The van der Waals surface area contributed by atoms with Crippen molar-refractivity contribution in [1.29, 1.82) is 0 Å². The standard InChI is InChI=1S/C15H13F2NO2/c1-9-2-5-11(6-3-9)18-14(15(19)20)12-7-4-10(16)8-13(12)17/h2-8,14,18H,1H3,(H,19,20). The molecular formula is C15H13F2NO2. The molecule has 0 fully saturated rings. The maximum absolute atomic E-state index is 13.7. The second-order valence-corrected chi connectivity index (χ2v) is 4.45. The summed E-state index contributed by atoms with van der Waals surface area (Å²) in [6.07, 6.45) is 0. The van der Waals surface area contributed by atoms with Crippen LogP contribution >= 0.6 is 0 Å². The van der Waals surface area contributed by atoms with Gasteiger partial charge in [0.1, 0.15) is 11.6 Å². The topological polar surface area (TPSA) is 49.3 Å². The van der Waals surface area contributed by atoms with Crippen LogP contribution in [0.4, 0.5) is 14.5 Å². The number of hydrogen-bond donors (Lipinski definition) is 2. The highest BCUT2D eigenvalue weighted by Crippen LogP contribution is 2.23. The van der Waals surface area contributed by atoms with Crippen molar-refractivity contribution in [3.63, 3.8) is 0 Å². The summed E-state index contributed by atoms with van der Waals surface area (Å²) in [4.78, 5) is 11.3. The number of carboxylic acids is 1. The van der Waals surface area contributed by atoms with E-state index in [2.05, 4.69) is 5.32 Å². The van der Waals surface area contributed by atoms with Crippen molar-refractivity contribution in [2.45, 2.75) is 13.0 Å². The molecule has 2 rings (SSSR count). The Bertz CT molecular complexity index is 626. The summed E-state index contributed by atoms with van der Waals surface area (Å²) in [6.45, 7) is 1.90. The Morgan fingerprint density at radius 3 is 2.35 bits per heavy atom. The molecule has 5 heteroatoms. The summed E-state index contributed by atoms with van der Waals surface area (Å²) in [6, 6.07) is 8.57. The fourth-order valence-electron chi connectivity index (χ4n) is 1.82. The smallest absolute Gasteiger partial charge is 0.330 e. The Hall–Kier alpha value is -2.43. The van der Waals surface area contributed by atoms with Crippen LogP contribution < -0.4 is 5.32 Å². The van der Waals surface area contributed by atoms with E-state index in [4.69, 9.17) is 0 Å². The van der Waals surface area contributed by atoms with Crippen LogP contribution in [0.5, 0.6) is 0 Å². The number of benzene rings is 2. The molecule has 0 bridgehead atoms. The van der Waals surface area contributed by atoms with Crippen molar-refractivity contribution >= 4 is 11.7 Å². The predicted molar refractivity (Wildman–Crippen MR) is 71.5 cm³/mol. The molecule has 0 saturated heterocycles. The first-order valence-electron chi connectivity index (χ1n) is 5.98. The fourth-order valence-corrected chi connectivity index (χ4v) is 1.82. The minimum atomic E-state index is -1.28. The second-order valence-electron chi connectivity index (χ2n) is 4.45. The Labute approximate surface area is 114 Å². The molecule has 0 radical (unpaired) electrons. The Balaban J connectivity index is 2.31. The zero-order chi connectivity index (χ0) is 14.7. The van der Waals surface area contributed by atoms with Crippen LogP contribution in [0.15, 0.2) is 42.5 Å². The van der Waals surface area contributed by atoms with Crippen molar-refractivity contribution < 1.29 is 18.7 Å². The van der Waals surface area contributed by atoms with Crippen molar-refractivity contribution in [3.05, 3.63) is 65.2 Å². The monoisotopic (exact) mass is 277 g/mol. The van der Waals surface area contributed by atoms with Gasteiger partial charge in [-0.1, -0.05) is 23.8 Å². The number of aryl methyl sites for hydroxylation is 1. The fraction of sp³-hybridized carbons (Fsp3) is 0.133. The third-order valence-corrected chi connectivity index (χ3v) is 2.88. The average molecular weight is 277 g/mol. The van der Waals surface area contributed by atoms with Crippen LogP contribution in [0, 0.1) is 18.6 Å². The molecule has 0 aliphatic heterocycles. The largest absolute Gasteiger partial charge is 0.479 e. The van der Waals surface area contributed by atoms with Gasteiger partial charge in [-0.05, 0) is 25.1 Å². The lowest BCUT2D eigenvalue weighted by Crippen LogP contribution is -2.21. The van der Waals surface area contributed by atoms with Crippen molar-refractivity contribution in [3.8, 4) is 0 Å². The third-order valence-electron chi connectivity index (χ3n) is 2.88. The zero-order valence-corrected chi connectivity index (χ0v) is 10.7. The number of rotatable bonds is 4. The first kappa shape index (κ1) is 14.0. The van der Waals surface area contributed by atoms with Gasteiger partial charge in [0.25, 0.3) is 0 Å². The van der Waals surface area contributed by atoms with E-state index in [-0.39, 0.29) is 5.56 Å². The van der Waals surface area contributed by atoms with E-state index in [1.54, 1.807) is 12.1 Å². The van der Waals surface area contributed by atoms with Gasteiger partial charge in [-0.15, -0.1) is 0 Å². The number of aliphatic carboxylic acids is 1. The molecule has 2 N–H and O–H groups in total. The molecule has 2 aromatic carbocycles. The molecule has 20 heavy (non-hydrogen) atoms. The Kier molecular flexibility index (Phi) is 3.98. The van der Waals surface area contributed by atoms with Gasteiger partial charge in [0.2, 0.25) is 0 Å². The number of carboxylic acid groups (broad SMARTS) is 1. The van der Waals surface area contributed by atoms with Crippen LogP contribution in [0.2, 0.25) is 0 Å². The van der Waals surface area contributed by atoms with Crippen LogP contribution in [-0.4, -0.2) is 11.1 Å². The first-order valence-corrected chi connectivity index (χ1v) is 5.98. The molecule has 0 aromatic heterocycles. The van der Waals surface area contributed by atoms with E-state index in [9.17, 15) is 18.7 Å². The molecule has 0 aliphatic rings. The molecule has 0 spiro atoms.